The lowest BCUT2D eigenvalue weighted by molar-refractivity contribution is 0.102. The third-order valence-electron chi connectivity index (χ3n) is 2.20. The van der Waals surface area contributed by atoms with E-state index in [4.69, 9.17) is 0 Å². The largest absolute Gasteiger partial charge is 0.321 e. The Kier molecular flexibility index (Phi) is 4.01. The van der Waals surface area contributed by atoms with Crippen LogP contribution in [0, 0.1) is 6.92 Å². The minimum Gasteiger partial charge on any atom is -0.321 e. The van der Waals surface area contributed by atoms with Crippen LogP contribution in [-0.2, 0) is 0 Å². The minimum atomic E-state index is -0.0988. The average molecular weight is 375 g/mol. The van der Waals surface area contributed by atoms with E-state index in [2.05, 4.69) is 37.2 Å². The lowest BCUT2D eigenvalue weighted by Crippen LogP contribution is -2.11. The van der Waals surface area contributed by atoms with Gasteiger partial charge in [-0.2, -0.15) is 0 Å². The van der Waals surface area contributed by atoms with Gasteiger partial charge in [-0.1, -0.05) is 6.07 Å². The maximum absolute atomic E-state index is 11.9. The molecule has 2 aromatic rings. The number of thiophene rings is 1. The van der Waals surface area contributed by atoms with Crippen molar-refractivity contribution in [3.05, 3.63) is 49.0 Å². The molecule has 88 valence electrons. The summed E-state index contributed by atoms with van der Waals surface area (Å²) in [5.74, 6) is -0.0988. The quantitative estimate of drug-likeness (QED) is 0.800. The van der Waals surface area contributed by atoms with Crippen molar-refractivity contribution in [3.8, 4) is 0 Å². The number of halogens is 2. The second-order valence-electron chi connectivity index (χ2n) is 3.58. The van der Waals surface area contributed by atoms with E-state index in [1.165, 1.54) is 11.3 Å². The van der Waals surface area contributed by atoms with Gasteiger partial charge in [-0.3, -0.25) is 4.79 Å². The van der Waals surface area contributed by atoms with E-state index >= 15 is 0 Å². The second-order valence-corrected chi connectivity index (χ2v) is 6.72. The molecule has 0 aliphatic rings. The second kappa shape index (κ2) is 5.33. The van der Waals surface area contributed by atoms with Gasteiger partial charge in [0, 0.05) is 9.85 Å². The van der Waals surface area contributed by atoms with Crippen LogP contribution in [0.25, 0.3) is 0 Å². The first-order valence-corrected chi connectivity index (χ1v) is 7.34. The van der Waals surface area contributed by atoms with Gasteiger partial charge in [-0.15, -0.1) is 11.3 Å². The number of anilines is 1. The monoisotopic (exact) mass is 373 g/mol. The summed E-state index contributed by atoms with van der Waals surface area (Å²) in [5, 5.41) is 4.70. The highest BCUT2D eigenvalue weighted by Crippen LogP contribution is 2.25. The van der Waals surface area contributed by atoms with Crippen LogP contribution >= 0.6 is 43.2 Å². The van der Waals surface area contributed by atoms with Crippen molar-refractivity contribution in [1.82, 2.24) is 0 Å². The Morgan fingerprint density at radius 1 is 1.29 bits per heavy atom. The molecule has 1 heterocycles. The van der Waals surface area contributed by atoms with Gasteiger partial charge in [-0.25, -0.2) is 0 Å². The van der Waals surface area contributed by atoms with Crippen LogP contribution in [-0.4, -0.2) is 5.91 Å². The zero-order chi connectivity index (χ0) is 12.4. The fourth-order valence-corrected chi connectivity index (χ4v) is 2.84. The summed E-state index contributed by atoms with van der Waals surface area (Å²) in [5.41, 5.74) is 2.56. The predicted octanol–water partition coefficient (Wildman–Crippen LogP) is 4.83. The number of benzene rings is 1. The van der Waals surface area contributed by atoms with Crippen LogP contribution < -0.4 is 5.32 Å². The molecule has 1 aromatic carbocycles. The molecule has 0 atom stereocenters. The highest BCUT2D eigenvalue weighted by atomic mass is 79.9. The van der Waals surface area contributed by atoms with Gasteiger partial charge < -0.3 is 5.32 Å². The standard InChI is InChI=1S/C12H9Br2NOS/c1-7-2-3-9(13)10(4-7)15-12(16)8-5-11(14)17-6-8/h2-6H,1H3,(H,15,16). The molecule has 1 N–H and O–H groups in total. The van der Waals surface area contributed by atoms with Crippen molar-refractivity contribution in [2.75, 3.05) is 5.32 Å². The van der Waals surface area contributed by atoms with Crippen LogP contribution in [0.5, 0.6) is 0 Å². The highest BCUT2D eigenvalue weighted by molar-refractivity contribution is 9.11. The van der Waals surface area contributed by atoms with Crippen LogP contribution in [0.15, 0.2) is 37.9 Å². The summed E-state index contributed by atoms with van der Waals surface area (Å²) >= 11 is 8.25. The van der Waals surface area contributed by atoms with Crippen molar-refractivity contribution < 1.29 is 4.79 Å². The Labute approximate surface area is 120 Å². The van der Waals surface area contributed by atoms with Gasteiger partial charge in [0.1, 0.15) is 0 Å². The maximum atomic E-state index is 11.9. The van der Waals surface area contributed by atoms with E-state index in [0.29, 0.717) is 5.56 Å². The topological polar surface area (TPSA) is 29.1 Å². The molecule has 1 amide bonds. The molecular weight excluding hydrogens is 366 g/mol. The lowest BCUT2D eigenvalue weighted by Gasteiger charge is -2.07. The summed E-state index contributed by atoms with van der Waals surface area (Å²) in [6.45, 7) is 1.99. The normalized spacial score (nSPS) is 10.3. The lowest BCUT2D eigenvalue weighted by atomic mass is 10.2. The summed E-state index contributed by atoms with van der Waals surface area (Å²) in [4.78, 5) is 11.9. The summed E-state index contributed by atoms with van der Waals surface area (Å²) in [6.07, 6.45) is 0. The first kappa shape index (κ1) is 12.8. The molecule has 0 aliphatic heterocycles. The van der Waals surface area contributed by atoms with Crippen molar-refractivity contribution >= 4 is 54.8 Å². The Hall–Kier alpha value is -0.650. The van der Waals surface area contributed by atoms with Crippen molar-refractivity contribution in [1.29, 1.82) is 0 Å². The predicted molar refractivity (Wildman–Crippen MR) is 78.9 cm³/mol. The fourth-order valence-electron chi connectivity index (χ4n) is 1.36. The molecule has 0 saturated heterocycles. The first-order valence-electron chi connectivity index (χ1n) is 4.88. The molecule has 17 heavy (non-hydrogen) atoms. The number of carbonyl (C=O) groups excluding carboxylic acids is 1. The Bertz CT molecular complexity index is 565. The van der Waals surface area contributed by atoms with Crippen molar-refractivity contribution in [2.45, 2.75) is 6.92 Å². The third kappa shape index (κ3) is 3.18. The molecule has 5 heteroatoms. The molecule has 1 aromatic heterocycles. The van der Waals surface area contributed by atoms with Crippen molar-refractivity contribution in [2.24, 2.45) is 0 Å². The van der Waals surface area contributed by atoms with Crippen LogP contribution in [0.1, 0.15) is 15.9 Å². The zero-order valence-electron chi connectivity index (χ0n) is 8.96. The van der Waals surface area contributed by atoms with E-state index < -0.39 is 0 Å². The number of rotatable bonds is 2. The van der Waals surface area contributed by atoms with Crippen LogP contribution in [0.2, 0.25) is 0 Å². The van der Waals surface area contributed by atoms with E-state index in [1.807, 2.05) is 36.6 Å². The van der Waals surface area contributed by atoms with Gasteiger partial charge >= 0.3 is 0 Å². The maximum Gasteiger partial charge on any atom is 0.256 e. The molecule has 0 unspecified atom stereocenters. The highest BCUT2D eigenvalue weighted by Gasteiger charge is 2.10. The average Bonchev–Trinajstić information content (AvgIpc) is 2.70. The van der Waals surface area contributed by atoms with Gasteiger partial charge in [0.25, 0.3) is 5.91 Å². The molecule has 2 nitrogen and oxygen atoms in total. The summed E-state index contributed by atoms with van der Waals surface area (Å²) in [7, 11) is 0. The van der Waals surface area contributed by atoms with Gasteiger partial charge in [0.2, 0.25) is 0 Å². The SMILES string of the molecule is Cc1ccc(Br)c(NC(=O)c2csc(Br)c2)c1. The smallest absolute Gasteiger partial charge is 0.256 e. The van der Waals surface area contributed by atoms with Gasteiger partial charge in [-0.05, 0) is 62.5 Å². The van der Waals surface area contributed by atoms with E-state index in [1.54, 1.807) is 0 Å². The minimum absolute atomic E-state index is 0.0988. The summed E-state index contributed by atoms with van der Waals surface area (Å²) < 4.78 is 1.83. The Morgan fingerprint density at radius 3 is 2.71 bits per heavy atom. The van der Waals surface area contributed by atoms with Gasteiger partial charge in [0.15, 0.2) is 0 Å². The van der Waals surface area contributed by atoms with Crippen LogP contribution in [0.3, 0.4) is 0 Å². The number of nitrogens with one attached hydrogen (secondary N) is 1. The van der Waals surface area contributed by atoms with E-state index in [-0.39, 0.29) is 5.91 Å². The number of amides is 1. The number of carbonyl (C=O) groups is 1. The molecular formula is C12H9Br2NOS. The number of hydrogen-bond donors (Lipinski definition) is 1. The molecule has 0 saturated carbocycles. The van der Waals surface area contributed by atoms with E-state index in [9.17, 15) is 4.79 Å². The molecule has 0 radical (unpaired) electrons. The summed E-state index contributed by atoms with van der Waals surface area (Å²) in [6, 6.07) is 7.66. The molecule has 2 rings (SSSR count). The first-order chi connectivity index (χ1) is 8.06. The fraction of sp³-hybridized carbons (Fsp3) is 0.0833. The van der Waals surface area contributed by atoms with Crippen molar-refractivity contribution in [3.63, 3.8) is 0 Å². The molecule has 0 spiro atoms. The zero-order valence-corrected chi connectivity index (χ0v) is 12.9. The van der Waals surface area contributed by atoms with Crippen LogP contribution in [0.4, 0.5) is 5.69 Å². The molecule has 0 aliphatic carbocycles. The third-order valence-corrected chi connectivity index (χ3v) is 4.40. The van der Waals surface area contributed by atoms with Gasteiger partial charge in [0.05, 0.1) is 15.0 Å². The van der Waals surface area contributed by atoms with E-state index in [0.717, 1.165) is 19.5 Å². The molecule has 0 bridgehead atoms. The Balaban J connectivity index is 2.21. The number of hydrogen-bond acceptors (Lipinski definition) is 2. The Morgan fingerprint density at radius 2 is 2.06 bits per heavy atom. The number of aryl methyl sites for hydroxylation is 1. The molecule has 0 fully saturated rings.